The zero-order chi connectivity index (χ0) is 14.3. The Morgan fingerprint density at radius 1 is 1.26 bits per heavy atom. The van der Waals surface area contributed by atoms with Gasteiger partial charge < -0.3 is 10.1 Å². The van der Waals surface area contributed by atoms with Gasteiger partial charge in [-0.1, -0.05) is 17.7 Å². The second kappa shape index (κ2) is 7.25. The molecule has 0 spiro atoms. The lowest BCUT2D eigenvalue weighted by molar-refractivity contribution is -0.118. The first-order chi connectivity index (χ1) is 8.95. The largest absolute Gasteiger partial charge is 0.385 e. The number of nitrogens with one attached hydrogen (secondary N) is 1. The highest BCUT2D eigenvalue weighted by Crippen LogP contribution is 2.11. The molecular weight excluding hydrogens is 266 g/mol. The molecule has 0 aliphatic rings. The molecule has 1 rings (SSSR count). The smallest absolute Gasteiger partial charge is 0.235 e. The topological polar surface area (TPSA) is 72.5 Å². The predicted octanol–water partition coefficient (Wildman–Crippen LogP) is 0.921. The summed E-state index contributed by atoms with van der Waals surface area (Å²) in [4.78, 5) is 11.7. The van der Waals surface area contributed by atoms with Crippen LogP contribution in [0.3, 0.4) is 0 Å². The van der Waals surface area contributed by atoms with Crippen LogP contribution >= 0.6 is 0 Å². The molecule has 0 bridgehead atoms. The zero-order valence-electron chi connectivity index (χ0n) is 11.2. The first kappa shape index (κ1) is 15.7. The number of hydrogen-bond acceptors (Lipinski definition) is 4. The molecule has 1 aromatic carbocycles. The molecule has 106 valence electrons. The Morgan fingerprint density at radius 3 is 2.47 bits per heavy atom. The molecule has 1 aromatic rings. The van der Waals surface area contributed by atoms with Gasteiger partial charge in [0.1, 0.15) is 5.75 Å². The number of aryl methyl sites for hydroxylation is 1. The summed E-state index contributed by atoms with van der Waals surface area (Å²) in [7, 11) is -1.99. The molecule has 0 atom stereocenters. The average Bonchev–Trinajstić information content (AvgIpc) is 2.34. The third kappa shape index (κ3) is 5.40. The van der Waals surface area contributed by atoms with Gasteiger partial charge in [-0.15, -0.1) is 0 Å². The molecule has 19 heavy (non-hydrogen) atoms. The highest BCUT2D eigenvalue weighted by molar-refractivity contribution is 7.92. The minimum absolute atomic E-state index is 0.171. The number of carbonyl (C=O) groups is 1. The number of sulfone groups is 1. The van der Waals surface area contributed by atoms with Crippen LogP contribution in [-0.2, 0) is 19.4 Å². The maximum Gasteiger partial charge on any atom is 0.235 e. The quantitative estimate of drug-likeness (QED) is 0.756. The zero-order valence-corrected chi connectivity index (χ0v) is 12.0. The van der Waals surface area contributed by atoms with Crippen molar-refractivity contribution in [1.29, 1.82) is 0 Å². The minimum Gasteiger partial charge on any atom is -0.385 e. The molecule has 0 radical (unpaired) electrons. The van der Waals surface area contributed by atoms with Crippen molar-refractivity contribution in [2.24, 2.45) is 0 Å². The monoisotopic (exact) mass is 285 g/mol. The van der Waals surface area contributed by atoms with Crippen molar-refractivity contribution in [2.75, 3.05) is 26.0 Å². The Morgan fingerprint density at radius 2 is 1.89 bits per heavy atom. The molecule has 1 N–H and O–H groups in total. The molecule has 0 unspecified atom stereocenters. The fourth-order valence-electron chi connectivity index (χ4n) is 1.50. The van der Waals surface area contributed by atoms with Crippen LogP contribution in [0.4, 0.5) is 0 Å². The van der Waals surface area contributed by atoms with Gasteiger partial charge in [-0.3, -0.25) is 4.79 Å². The van der Waals surface area contributed by atoms with Gasteiger partial charge in [0, 0.05) is 20.3 Å². The van der Waals surface area contributed by atoms with E-state index in [0.717, 1.165) is 5.56 Å². The Labute approximate surface area is 113 Å². The number of hydrogen-bond donors (Lipinski definition) is 1. The van der Waals surface area contributed by atoms with E-state index in [4.69, 9.17) is 4.74 Å². The number of methoxy groups -OCH3 is 1. The summed E-state index contributed by atoms with van der Waals surface area (Å²) < 4.78 is 28.7. The number of rotatable bonds is 7. The molecule has 5 nitrogen and oxygen atoms in total. The molecule has 0 fully saturated rings. The van der Waals surface area contributed by atoms with E-state index in [1.807, 2.05) is 6.92 Å². The highest BCUT2D eigenvalue weighted by Gasteiger charge is 2.18. The highest BCUT2D eigenvalue weighted by atomic mass is 32.2. The Hall–Kier alpha value is -1.40. The summed E-state index contributed by atoms with van der Waals surface area (Å²) in [5.74, 6) is -1.01. The van der Waals surface area contributed by atoms with Crippen LogP contribution in [0, 0.1) is 6.92 Å². The van der Waals surface area contributed by atoms with E-state index >= 15 is 0 Å². The normalized spacial score (nSPS) is 11.3. The van der Waals surface area contributed by atoms with Crippen molar-refractivity contribution < 1.29 is 17.9 Å². The van der Waals surface area contributed by atoms with E-state index in [1.165, 1.54) is 12.1 Å². The van der Waals surface area contributed by atoms with Crippen LogP contribution in [-0.4, -0.2) is 40.3 Å². The van der Waals surface area contributed by atoms with Gasteiger partial charge in [-0.2, -0.15) is 0 Å². The van der Waals surface area contributed by atoms with Gasteiger partial charge >= 0.3 is 0 Å². The van der Waals surface area contributed by atoms with Gasteiger partial charge in [-0.25, -0.2) is 8.42 Å². The molecule has 1 amide bonds. The fraction of sp³-hybridized carbons (Fsp3) is 0.462. The van der Waals surface area contributed by atoms with Crippen LogP contribution in [0.15, 0.2) is 29.2 Å². The van der Waals surface area contributed by atoms with Crippen LogP contribution in [0.2, 0.25) is 0 Å². The lowest BCUT2D eigenvalue weighted by Gasteiger charge is -2.06. The average molecular weight is 285 g/mol. The van der Waals surface area contributed by atoms with Gasteiger partial charge in [0.25, 0.3) is 0 Å². The van der Waals surface area contributed by atoms with Crippen LogP contribution in [0.5, 0.6) is 0 Å². The van der Waals surface area contributed by atoms with Gasteiger partial charge in [0.05, 0.1) is 4.90 Å². The molecule has 0 saturated heterocycles. The van der Waals surface area contributed by atoms with Crippen LogP contribution in [0.1, 0.15) is 12.0 Å². The van der Waals surface area contributed by atoms with E-state index in [2.05, 4.69) is 5.32 Å². The lowest BCUT2D eigenvalue weighted by atomic mass is 10.2. The molecule has 0 aliphatic carbocycles. The van der Waals surface area contributed by atoms with E-state index in [0.29, 0.717) is 19.6 Å². The summed E-state index contributed by atoms with van der Waals surface area (Å²) in [6.45, 7) is 2.82. The van der Waals surface area contributed by atoms with Crippen LogP contribution in [0.25, 0.3) is 0 Å². The summed E-state index contributed by atoms with van der Waals surface area (Å²) in [5.41, 5.74) is 0.975. The van der Waals surface area contributed by atoms with Gasteiger partial charge in [0.2, 0.25) is 5.91 Å². The van der Waals surface area contributed by atoms with Crippen molar-refractivity contribution in [1.82, 2.24) is 5.32 Å². The first-order valence-corrected chi connectivity index (χ1v) is 7.66. The molecule has 0 aliphatic heterocycles. The number of amides is 1. The maximum atomic E-state index is 12.0. The summed E-state index contributed by atoms with van der Waals surface area (Å²) in [5, 5.41) is 2.56. The van der Waals surface area contributed by atoms with Crippen molar-refractivity contribution >= 4 is 15.7 Å². The number of benzene rings is 1. The number of carbonyl (C=O) groups excluding carboxylic acids is 1. The third-order valence-electron chi connectivity index (χ3n) is 2.55. The summed E-state index contributed by atoms with van der Waals surface area (Å²) >= 11 is 0. The van der Waals surface area contributed by atoms with E-state index < -0.39 is 21.5 Å². The SMILES string of the molecule is COCCCNC(=O)CS(=O)(=O)c1ccc(C)cc1. The molecule has 0 saturated carbocycles. The third-order valence-corrected chi connectivity index (χ3v) is 4.18. The molecule has 6 heteroatoms. The summed E-state index contributed by atoms with van der Waals surface area (Å²) in [6, 6.07) is 6.46. The fourth-order valence-corrected chi connectivity index (χ4v) is 2.66. The molecule has 0 aromatic heterocycles. The molecule has 0 heterocycles. The van der Waals surface area contributed by atoms with Gasteiger partial charge in [0.15, 0.2) is 9.84 Å². The van der Waals surface area contributed by atoms with E-state index in [9.17, 15) is 13.2 Å². The first-order valence-electron chi connectivity index (χ1n) is 6.01. The van der Waals surface area contributed by atoms with Crippen molar-refractivity contribution in [3.8, 4) is 0 Å². The van der Waals surface area contributed by atoms with Gasteiger partial charge in [-0.05, 0) is 25.5 Å². The van der Waals surface area contributed by atoms with E-state index in [-0.39, 0.29) is 4.90 Å². The van der Waals surface area contributed by atoms with Crippen molar-refractivity contribution in [2.45, 2.75) is 18.2 Å². The molecular formula is C13H19NO4S. The Balaban J connectivity index is 2.55. The second-order valence-electron chi connectivity index (χ2n) is 4.27. The Bertz CT molecular complexity index is 508. The minimum atomic E-state index is -3.56. The predicted molar refractivity (Wildman–Crippen MR) is 72.7 cm³/mol. The summed E-state index contributed by atoms with van der Waals surface area (Å²) in [6.07, 6.45) is 0.660. The second-order valence-corrected chi connectivity index (χ2v) is 6.26. The van der Waals surface area contributed by atoms with E-state index in [1.54, 1.807) is 19.2 Å². The lowest BCUT2D eigenvalue weighted by Crippen LogP contribution is -2.31. The maximum absolute atomic E-state index is 12.0. The van der Waals surface area contributed by atoms with Crippen LogP contribution < -0.4 is 5.32 Å². The van der Waals surface area contributed by atoms with Crippen molar-refractivity contribution in [3.63, 3.8) is 0 Å². The number of ether oxygens (including phenoxy) is 1. The Kier molecular flexibility index (Phi) is 5.98. The standard InChI is InChI=1S/C13H19NO4S/c1-11-4-6-12(7-5-11)19(16,17)10-13(15)14-8-3-9-18-2/h4-7H,3,8-10H2,1-2H3,(H,14,15). The van der Waals surface area contributed by atoms with Crippen molar-refractivity contribution in [3.05, 3.63) is 29.8 Å².